The first-order valence-electron chi connectivity index (χ1n) is 11.3. The van der Waals surface area contributed by atoms with Gasteiger partial charge < -0.3 is 24.6 Å². The highest BCUT2D eigenvalue weighted by atomic mass is 19.1. The summed E-state index contributed by atoms with van der Waals surface area (Å²) in [5.74, 6) is -1.35. The number of amides is 3. The molecule has 4 rings (SSSR count). The number of halogens is 1. The standard InChI is InChI=1S/C23H29FN4O6/c1-15(29)25-10-18-11-28(22(32)34-18)17-3-4-20(19(24)9-17)26-7-5-23(13-26)6-8-27(14-23)21(31)12-33-16(2)30/h3-4,9,18H,5-8,10-14H2,1-2H3,(H,25,29). The van der Waals surface area contributed by atoms with Crippen LogP contribution in [0.15, 0.2) is 18.2 Å². The highest BCUT2D eigenvalue weighted by Gasteiger charge is 2.45. The Morgan fingerprint density at radius 2 is 1.97 bits per heavy atom. The van der Waals surface area contributed by atoms with E-state index in [1.807, 2.05) is 4.90 Å². The average molecular weight is 477 g/mol. The Bertz CT molecular complexity index is 1000. The van der Waals surface area contributed by atoms with Crippen LogP contribution < -0.4 is 15.1 Å². The Labute approximate surface area is 196 Å². The van der Waals surface area contributed by atoms with Crippen LogP contribution in [0.4, 0.5) is 20.6 Å². The Hall–Kier alpha value is -3.37. The molecular formula is C23H29FN4O6. The molecule has 11 heteroatoms. The van der Waals surface area contributed by atoms with Gasteiger partial charge in [0.15, 0.2) is 6.61 Å². The summed E-state index contributed by atoms with van der Waals surface area (Å²) >= 11 is 0. The normalized spacial score (nSPS) is 24.0. The number of hydrogen-bond donors (Lipinski definition) is 1. The topological polar surface area (TPSA) is 108 Å². The first kappa shape index (κ1) is 23.8. The number of esters is 1. The van der Waals surface area contributed by atoms with E-state index in [2.05, 4.69) is 5.32 Å². The molecule has 0 saturated carbocycles. The number of hydrogen-bond acceptors (Lipinski definition) is 7. The Kier molecular flexibility index (Phi) is 6.63. The van der Waals surface area contributed by atoms with E-state index in [0.717, 1.165) is 12.8 Å². The molecule has 1 spiro atoms. The van der Waals surface area contributed by atoms with Gasteiger partial charge in [-0.2, -0.15) is 0 Å². The third kappa shape index (κ3) is 5.07. The first-order valence-corrected chi connectivity index (χ1v) is 11.3. The second-order valence-corrected chi connectivity index (χ2v) is 9.21. The predicted octanol–water partition coefficient (Wildman–Crippen LogP) is 1.28. The molecule has 3 saturated heterocycles. The maximum atomic E-state index is 15.1. The molecule has 3 aliphatic heterocycles. The number of ether oxygens (including phenoxy) is 2. The molecule has 0 radical (unpaired) electrons. The van der Waals surface area contributed by atoms with E-state index in [4.69, 9.17) is 9.47 Å². The number of nitrogens with one attached hydrogen (secondary N) is 1. The van der Waals surface area contributed by atoms with Crippen LogP contribution >= 0.6 is 0 Å². The van der Waals surface area contributed by atoms with E-state index in [9.17, 15) is 19.2 Å². The summed E-state index contributed by atoms with van der Waals surface area (Å²) < 4.78 is 25.2. The fourth-order valence-corrected chi connectivity index (χ4v) is 4.89. The molecule has 0 bridgehead atoms. The molecule has 10 nitrogen and oxygen atoms in total. The lowest BCUT2D eigenvalue weighted by Gasteiger charge is -2.26. The summed E-state index contributed by atoms with van der Waals surface area (Å²) in [5.41, 5.74) is 0.730. The number of anilines is 2. The van der Waals surface area contributed by atoms with Crippen molar-refractivity contribution < 1.29 is 33.0 Å². The molecule has 2 unspecified atom stereocenters. The maximum absolute atomic E-state index is 15.1. The highest BCUT2D eigenvalue weighted by Crippen LogP contribution is 2.42. The maximum Gasteiger partial charge on any atom is 0.414 e. The summed E-state index contributed by atoms with van der Waals surface area (Å²) in [7, 11) is 0. The van der Waals surface area contributed by atoms with Crippen LogP contribution in [0.25, 0.3) is 0 Å². The van der Waals surface area contributed by atoms with E-state index in [1.54, 1.807) is 17.0 Å². The largest absolute Gasteiger partial charge is 0.456 e. The number of likely N-dealkylation sites (tertiary alicyclic amines) is 1. The van der Waals surface area contributed by atoms with Crippen molar-refractivity contribution in [2.75, 3.05) is 55.7 Å². The van der Waals surface area contributed by atoms with Crippen molar-refractivity contribution in [2.24, 2.45) is 5.41 Å². The summed E-state index contributed by atoms with van der Waals surface area (Å²) in [6, 6.07) is 4.68. The van der Waals surface area contributed by atoms with Gasteiger partial charge >= 0.3 is 12.1 Å². The van der Waals surface area contributed by atoms with Crippen molar-refractivity contribution in [3.8, 4) is 0 Å². The average Bonchev–Trinajstić information content (AvgIpc) is 3.49. The minimum absolute atomic E-state index is 0.118. The molecule has 1 aromatic carbocycles. The number of carbonyl (C=O) groups excluding carboxylic acids is 4. The Morgan fingerprint density at radius 1 is 1.21 bits per heavy atom. The van der Waals surface area contributed by atoms with Crippen molar-refractivity contribution in [2.45, 2.75) is 32.8 Å². The molecule has 0 aliphatic carbocycles. The molecule has 1 N–H and O–H groups in total. The zero-order chi connectivity index (χ0) is 24.5. The third-order valence-corrected chi connectivity index (χ3v) is 6.66. The fraction of sp³-hybridized carbons (Fsp3) is 0.565. The smallest absolute Gasteiger partial charge is 0.414 e. The van der Waals surface area contributed by atoms with Gasteiger partial charge in [0.25, 0.3) is 5.91 Å². The summed E-state index contributed by atoms with van der Waals surface area (Å²) in [6.45, 7) is 5.24. The van der Waals surface area contributed by atoms with Gasteiger partial charge in [0.1, 0.15) is 11.9 Å². The number of cyclic esters (lactones) is 1. The lowest BCUT2D eigenvalue weighted by molar-refractivity contribution is -0.149. The van der Waals surface area contributed by atoms with Crippen LogP contribution in [0, 0.1) is 11.2 Å². The zero-order valence-corrected chi connectivity index (χ0v) is 19.3. The molecule has 0 aromatic heterocycles. The monoisotopic (exact) mass is 476 g/mol. The number of carbonyl (C=O) groups is 4. The molecule has 3 fully saturated rings. The van der Waals surface area contributed by atoms with E-state index >= 15 is 4.39 Å². The van der Waals surface area contributed by atoms with E-state index in [0.29, 0.717) is 37.6 Å². The lowest BCUT2D eigenvalue weighted by Crippen LogP contribution is -2.36. The Morgan fingerprint density at radius 3 is 2.68 bits per heavy atom. The lowest BCUT2D eigenvalue weighted by atomic mass is 9.86. The van der Waals surface area contributed by atoms with Crippen molar-refractivity contribution in [1.82, 2.24) is 10.2 Å². The minimum atomic E-state index is -0.577. The van der Waals surface area contributed by atoms with Gasteiger partial charge in [-0.25, -0.2) is 9.18 Å². The second-order valence-electron chi connectivity index (χ2n) is 9.21. The van der Waals surface area contributed by atoms with Crippen LogP contribution in [-0.4, -0.2) is 80.8 Å². The first-order chi connectivity index (χ1) is 16.2. The van der Waals surface area contributed by atoms with Crippen LogP contribution in [0.5, 0.6) is 0 Å². The van der Waals surface area contributed by atoms with Gasteiger partial charge in [0.2, 0.25) is 5.91 Å². The van der Waals surface area contributed by atoms with Crippen molar-refractivity contribution in [3.63, 3.8) is 0 Å². The Balaban J connectivity index is 1.37. The van der Waals surface area contributed by atoms with Gasteiger partial charge in [-0.3, -0.25) is 19.3 Å². The van der Waals surface area contributed by atoms with E-state index in [1.165, 1.54) is 24.8 Å². The zero-order valence-electron chi connectivity index (χ0n) is 19.3. The SMILES string of the molecule is CC(=O)NCC1CN(c2ccc(N3CCC4(CCN(C(=O)COC(C)=O)C4)C3)c(F)c2)C(=O)O1. The summed E-state index contributed by atoms with van der Waals surface area (Å²) in [4.78, 5) is 51.6. The molecule has 3 aliphatic rings. The van der Waals surface area contributed by atoms with Gasteiger partial charge in [-0.15, -0.1) is 0 Å². The highest BCUT2D eigenvalue weighted by molar-refractivity contribution is 5.90. The second kappa shape index (κ2) is 9.47. The molecule has 184 valence electrons. The van der Waals surface area contributed by atoms with Crippen LogP contribution in [0.3, 0.4) is 0 Å². The number of nitrogens with zero attached hydrogens (tertiary/aromatic N) is 3. The van der Waals surface area contributed by atoms with Crippen molar-refractivity contribution >= 4 is 35.3 Å². The van der Waals surface area contributed by atoms with E-state index in [-0.39, 0.29) is 36.9 Å². The van der Waals surface area contributed by atoms with Crippen LogP contribution in [-0.2, 0) is 23.9 Å². The third-order valence-electron chi connectivity index (χ3n) is 6.66. The van der Waals surface area contributed by atoms with Crippen LogP contribution in [0.1, 0.15) is 26.7 Å². The summed E-state index contributed by atoms with van der Waals surface area (Å²) in [5, 5.41) is 2.61. The molecular weight excluding hydrogens is 447 g/mol. The summed E-state index contributed by atoms with van der Waals surface area (Å²) in [6.07, 6.45) is 0.567. The quantitative estimate of drug-likeness (QED) is 0.616. The molecule has 34 heavy (non-hydrogen) atoms. The minimum Gasteiger partial charge on any atom is -0.456 e. The molecule has 2 atom stereocenters. The molecule has 1 aromatic rings. The van der Waals surface area contributed by atoms with Crippen LogP contribution in [0.2, 0.25) is 0 Å². The van der Waals surface area contributed by atoms with E-state index < -0.39 is 24.0 Å². The van der Waals surface area contributed by atoms with Gasteiger partial charge in [-0.05, 0) is 31.0 Å². The molecule has 3 amide bonds. The van der Waals surface area contributed by atoms with Gasteiger partial charge in [0, 0.05) is 45.4 Å². The number of benzene rings is 1. The van der Waals surface area contributed by atoms with Crippen molar-refractivity contribution in [3.05, 3.63) is 24.0 Å². The predicted molar refractivity (Wildman–Crippen MR) is 120 cm³/mol. The van der Waals surface area contributed by atoms with Gasteiger partial charge in [0.05, 0.1) is 24.5 Å². The number of rotatable bonds is 6. The molecule has 3 heterocycles. The van der Waals surface area contributed by atoms with Gasteiger partial charge in [-0.1, -0.05) is 0 Å². The van der Waals surface area contributed by atoms with Crippen molar-refractivity contribution in [1.29, 1.82) is 0 Å². The fourth-order valence-electron chi connectivity index (χ4n) is 4.89.